The summed E-state index contributed by atoms with van der Waals surface area (Å²) in [6.07, 6.45) is 13.2. The second kappa shape index (κ2) is 11.8. The van der Waals surface area contributed by atoms with E-state index in [0.29, 0.717) is 11.2 Å². The maximum absolute atomic E-state index is 6.40. The van der Waals surface area contributed by atoms with Crippen LogP contribution in [0, 0.1) is 6.92 Å². The SMILES string of the molecule is C=C/C=C\c1c(C)n(-c2ccc(N(C3=CC4c5ccccc5SC4C=C3)c3ccc4c(c3)oc3ccccc34)cc2)c2c1ccc1ccccc12. The number of hydrogen-bond donors (Lipinski definition) is 0. The molecule has 0 spiro atoms. The normalized spacial score (nSPS) is 16.7. The predicted octanol–water partition coefficient (Wildman–Crippen LogP) is 13.0. The number of furan rings is 1. The zero-order valence-electron chi connectivity index (χ0n) is 28.2. The lowest BCUT2D eigenvalue weighted by molar-refractivity contribution is 0.669. The van der Waals surface area contributed by atoms with Crippen molar-refractivity contribution in [1.29, 1.82) is 0 Å². The van der Waals surface area contributed by atoms with Crippen molar-refractivity contribution in [3.63, 3.8) is 0 Å². The molecule has 4 heteroatoms. The minimum absolute atomic E-state index is 0.312. The molecule has 1 aliphatic heterocycles. The first-order chi connectivity index (χ1) is 25.2. The standard InChI is InChI=1S/C47H34N2OS/c1-3-4-12-36-30(2)48(47-37-13-6-5-11-31(37)18-25-41(36)47)32-19-21-33(22-20-32)49(34-24-27-46-42(28-34)40-15-8-10-17-45(40)51-46)35-23-26-39-38-14-7-9-16-43(38)50-44(39)29-35/h3-29,42,46H,1H2,2H3/b12-4-. The molecule has 0 bridgehead atoms. The summed E-state index contributed by atoms with van der Waals surface area (Å²) in [6, 6.07) is 45.9. The number of thioether (sulfide) groups is 1. The van der Waals surface area contributed by atoms with Crippen molar-refractivity contribution in [3.05, 3.63) is 187 Å². The summed E-state index contributed by atoms with van der Waals surface area (Å²) in [4.78, 5) is 3.75. The van der Waals surface area contributed by atoms with Crippen LogP contribution in [-0.2, 0) is 0 Å². The number of rotatable bonds is 6. The van der Waals surface area contributed by atoms with Gasteiger partial charge in [-0.3, -0.25) is 0 Å². The molecule has 8 aromatic rings. The molecule has 51 heavy (non-hydrogen) atoms. The zero-order chi connectivity index (χ0) is 34.1. The van der Waals surface area contributed by atoms with Gasteiger partial charge in [-0.2, -0.15) is 0 Å². The van der Waals surface area contributed by atoms with Gasteiger partial charge in [-0.05, 0) is 72.5 Å². The summed E-state index contributed by atoms with van der Waals surface area (Å²) >= 11 is 1.96. The molecule has 0 saturated heterocycles. The summed E-state index contributed by atoms with van der Waals surface area (Å²) in [5, 5.41) is 6.37. The molecule has 1 aliphatic carbocycles. The molecule has 2 unspecified atom stereocenters. The number of anilines is 2. The second-order valence-corrected chi connectivity index (χ2v) is 14.6. The molecule has 0 N–H and O–H groups in total. The van der Waals surface area contributed by atoms with Gasteiger partial charge in [0.1, 0.15) is 11.2 Å². The van der Waals surface area contributed by atoms with E-state index < -0.39 is 0 Å². The first-order valence-corrected chi connectivity index (χ1v) is 18.3. The van der Waals surface area contributed by atoms with Crippen LogP contribution >= 0.6 is 11.8 Å². The lowest BCUT2D eigenvalue weighted by Gasteiger charge is -2.30. The quantitative estimate of drug-likeness (QED) is 0.164. The molecule has 0 amide bonds. The average Bonchev–Trinajstić information content (AvgIpc) is 3.83. The predicted molar refractivity (Wildman–Crippen MR) is 217 cm³/mol. The van der Waals surface area contributed by atoms with Crippen molar-refractivity contribution in [2.24, 2.45) is 0 Å². The van der Waals surface area contributed by atoms with E-state index in [1.54, 1.807) is 0 Å². The van der Waals surface area contributed by atoms with E-state index >= 15 is 0 Å². The van der Waals surface area contributed by atoms with Crippen LogP contribution < -0.4 is 4.90 Å². The van der Waals surface area contributed by atoms with E-state index in [0.717, 1.165) is 44.7 Å². The van der Waals surface area contributed by atoms with Gasteiger partial charge in [0.25, 0.3) is 0 Å². The van der Waals surface area contributed by atoms with Crippen LogP contribution in [0.3, 0.4) is 0 Å². The Morgan fingerprint density at radius 2 is 1.49 bits per heavy atom. The molecule has 10 rings (SSSR count). The number of allylic oxidation sites excluding steroid dienone is 4. The van der Waals surface area contributed by atoms with E-state index in [1.807, 2.05) is 36.0 Å². The first kappa shape index (κ1) is 29.9. The van der Waals surface area contributed by atoms with Crippen molar-refractivity contribution in [2.75, 3.05) is 4.90 Å². The fraction of sp³-hybridized carbons (Fsp3) is 0.0638. The third kappa shape index (κ3) is 4.75. The van der Waals surface area contributed by atoms with Crippen molar-refractivity contribution < 1.29 is 4.42 Å². The van der Waals surface area contributed by atoms with Gasteiger partial charge in [-0.1, -0.05) is 110 Å². The van der Waals surface area contributed by atoms with Gasteiger partial charge in [-0.25, -0.2) is 0 Å². The highest BCUT2D eigenvalue weighted by atomic mass is 32.2. The Morgan fingerprint density at radius 1 is 0.745 bits per heavy atom. The van der Waals surface area contributed by atoms with Gasteiger partial charge in [0.2, 0.25) is 0 Å². The fourth-order valence-electron chi connectivity index (χ4n) is 8.13. The third-order valence-electron chi connectivity index (χ3n) is 10.5. The Hall–Kier alpha value is -5.97. The van der Waals surface area contributed by atoms with Gasteiger partial charge in [0, 0.05) is 77.7 Å². The third-order valence-corrected chi connectivity index (χ3v) is 11.8. The number of benzene rings is 6. The first-order valence-electron chi connectivity index (χ1n) is 17.5. The van der Waals surface area contributed by atoms with Gasteiger partial charge >= 0.3 is 0 Å². The van der Waals surface area contributed by atoms with E-state index in [2.05, 4.69) is 163 Å². The Balaban J connectivity index is 1.14. The van der Waals surface area contributed by atoms with Crippen molar-refractivity contribution in [3.8, 4) is 5.69 Å². The molecule has 0 saturated carbocycles. The Kier molecular flexibility index (Phi) is 6.93. The number of hydrogen-bond acceptors (Lipinski definition) is 3. The molecule has 244 valence electrons. The smallest absolute Gasteiger partial charge is 0.137 e. The van der Waals surface area contributed by atoms with Gasteiger partial charge in [-0.15, -0.1) is 11.8 Å². The zero-order valence-corrected chi connectivity index (χ0v) is 29.0. The summed E-state index contributed by atoms with van der Waals surface area (Å²) in [7, 11) is 0. The number of para-hydroxylation sites is 1. The highest BCUT2D eigenvalue weighted by Crippen LogP contribution is 2.50. The summed E-state index contributed by atoms with van der Waals surface area (Å²) in [6.45, 7) is 6.15. The molecule has 2 aliphatic rings. The number of nitrogens with zero attached hydrogens (tertiary/aromatic N) is 2. The molecule has 0 fully saturated rings. The Bertz CT molecular complexity index is 2780. The lowest BCUT2D eigenvalue weighted by Crippen LogP contribution is -2.20. The van der Waals surface area contributed by atoms with E-state index in [4.69, 9.17) is 4.42 Å². The van der Waals surface area contributed by atoms with Crippen molar-refractivity contribution in [1.82, 2.24) is 4.57 Å². The van der Waals surface area contributed by atoms with Crippen LogP contribution in [0.15, 0.2) is 179 Å². The van der Waals surface area contributed by atoms with Crippen molar-refractivity contribution >= 4 is 72.8 Å². The maximum atomic E-state index is 6.40. The van der Waals surface area contributed by atoms with Crippen LogP contribution in [0.4, 0.5) is 11.4 Å². The maximum Gasteiger partial charge on any atom is 0.137 e. The fourth-order valence-corrected chi connectivity index (χ4v) is 9.45. The molecule has 3 heterocycles. The monoisotopic (exact) mass is 674 g/mol. The van der Waals surface area contributed by atoms with E-state index in [1.165, 1.54) is 43.4 Å². The molecule has 2 aromatic heterocycles. The van der Waals surface area contributed by atoms with Crippen LogP contribution in [0.25, 0.3) is 55.4 Å². The summed E-state index contributed by atoms with van der Waals surface area (Å²) in [5.74, 6) is 0.312. The van der Waals surface area contributed by atoms with Crippen LogP contribution in [-0.4, -0.2) is 9.82 Å². The number of fused-ring (bicyclic) bond motifs is 9. The van der Waals surface area contributed by atoms with Gasteiger partial charge < -0.3 is 13.9 Å². The molecular formula is C47H34N2OS. The Morgan fingerprint density at radius 3 is 2.37 bits per heavy atom. The largest absolute Gasteiger partial charge is 0.456 e. The average molecular weight is 675 g/mol. The molecular weight excluding hydrogens is 641 g/mol. The minimum Gasteiger partial charge on any atom is -0.456 e. The molecule has 2 atom stereocenters. The van der Waals surface area contributed by atoms with Crippen molar-refractivity contribution in [2.45, 2.75) is 23.0 Å². The second-order valence-electron chi connectivity index (χ2n) is 13.3. The Labute approximate surface area is 301 Å². The van der Waals surface area contributed by atoms with E-state index in [-0.39, 0.29) is 0 Å². The molecule has 3 nitrogen and oxygen atoms in total. The highest BCUT2D eigenvalue weighted by molar-refractivity contribution is 8.00. The molecule has 0 radical (unpaired) electrons. The molecule has 6 aromatic carbocycles. The van der Waals surface area contributed by atoms with Crippen LogP contribution in [0.5, 0.6) is 0 Å². The van der Waals surface area contributed by atoms with Gasteiger partial charge in [0.05, 0.1) is 5.52 Å². The van der Waals surface area contributed by atoms with E-state index in [9.17, 15) is 0 Å². The summed E-state index contributed by atoms with van der Waals surface area (Å²) in [5.41, 5.74) is 11.3. The summed E-state index contributed by atoms with van der Waals surface area (Å²) < 4.78 is 8.81. The van der Waals surface area contributed by atoms with Crippen LogP contribution in [0.2, 0.25) is 0 Å². The number of aromatic nitrogens is 1. The van der Waals surface area contributed by atoms with Gasteiger partial charge in [0.15, 0.2) is 0 Å². The highest BCUT2D eigenvalue weighted by Gasteiger charge is 2.33. The lowest BCUT2D eigenvalue weighted by atomic mass is 9.91. The topological polar surface area (TPSA) is 21.3 Å². The minimum atomic E-state index is 0.312. The van der Waals surface area contributed by atoms with Crippen LogP contribution in [0.1, 0.15) is 22.7 Å².